The number of aromatic nitrogens is 1. The van der Waals surface area contributed by atoms with E-state index in [4.69, 9.17) is 4.79 Å². The molecule has 2 nitrogen and oxygen atoms in total. The lowest BCUT2D eigenvalue weighted by Crippen LogP contribution is -1.58. The highest BCUT2D eigenvalue weighted by Gasteiger charge is 1.58. The van der Waals surface area contributed by atoms with Gasteiger partial charge in [-0.05, 0) is 19.1 Å². The number of carbonyl (C=O) groups excluding carboxylic acids is 1. The Bertz CT molecular complexity index is 117. The summed E-state index contributed by atoms with van der Waals surface area (Å²) in [6.45, 7) is 1.44. The number of hydrogen-bond donors (Lipinski definition) is 0. The predicted octanol–water partition coefficient (Wildman–Crippen LogP) is 2.14. The molecule has 62 valence electrons. The fourth-order valence-corrected chi connectivity index (χ4v) is 0.313. The molecule has 1 rings (SSSR count). The van der Waals surface area contributed by atoms with E-state index in [0.717, 1.165) is 6.29 Å². The lowest BCUT2D eigenvalue weighted by atomic mass is 10.5. The number of hydrogen-bond acceptors (Lipinski definition) is 2. The molecule has 0 amide bonds. The molecule has 0 atom stereocenters. The molecule has 0 saturated carbocycles. The fourth-order valence-electron chi connectivity index (χ4n) is 0.313. The second-order valence-corrected chi connectivity index (χ2v) is 1.26. The summed E-state index contributed by atoms with van der Waals surface area (Å²) in [5.41, 5.74) is 0. The van der Waals surface area contributed by atoms with Crippen molar-refractivity contribution in [2.24, 2.45) is 0 Å². The first kappa shape index (κ1) is 12.8. The molecule has 0 aromatic carbocycles. The maximum absolute atomic E-state index is 8.81. The Morgan fingerprint density at radius 1 is 1.18 bits per heavy atom. The second-order valence-electron chi connectivity index (χ2n) is 1.26. The van der Waals surface area contributed by atoms with Crippen LogP contribution >= 0.6 is 11.6 Å². The molecule has 0 bridgehead atoms. The third-order valence-electron chi connectivity index (χ3n) is 0.566. The third kappa shape index (κ3) is 17.6. The van der Waals surface area contributed by atoms with Crippen molar-refractivity contribution >= 4 is 17.9 Å². The standard InChI is InChI=1S/C5H5N.C2H4O.CH3Cl/c1-2-4-6-5-3-1;1-2-3;1-2/h1-5H;2H,1H3;1H3. The van der Waals surface area contributed by atoms with Gasteiger partial charge in [-0.2, -0.15) is 0 Å². The quantitative estimate of drug-likeness (QED) is 0.445. The minimum atomic E-state index is 0.750. The summed E-state index contributed by atoms with van der Waals surface area (Å²) >= 11 is 4.64. The number of alkyl halides is 1. The van der Waals surface area contributed by atoms with Crippen molar-refractivity contribution in [3.05, 3.63) is 30.6 Å². The highest BCUT2D eigenvalue weighted by Crippen LogP contribution is 1.73. The van der Waals surface area contributed by atoms with Crippen LogP contribution in [0.4, 0.5) is 0 Å². The second kappa shape index (κ2) is 16.1. The Morgan fingerprint density at radius 2 is 1.55 bits per heavy atom. The Kier molecular flexibility index (Phi) is 18.6. The van der Waals surface area contributed by atoms with Gasteiger partial charge in [0.05, 0.1) is 0 Å². The van der Waals surface area contributed by atoms with Gasteiger partial charge in [-0.15, -0.1) is 11.6 Å². The molecular formula is C8H12ClNO. The molecule has 0 aliphatic rings. The average molecular weight is 174 g/mol. The van der Waals surface area contributed by atoms with Gasteiger partial charge in [0.25, 0.3) is 0 Å². The van der Waals surface area contributed by atoms with Crippen LogP contribution in [0.2, 0.25) is 0 Å². The first-order chi connectivity index (χ1) is 5.41. The molecule has 3 heteroatoms. The molecular weight excluding hydrogens is 162 g/mol. The Balaban J connectivity index is 0. The van der Waals surface area contributed by atoms with Gasteiger partial charge in [0.15, 0.2) is 0 Å². The van der Waals surface area contributed by atoms with Gasteiger partial charge in [0.2, 0.25) is 0 Å². The molecule has 11 heavy (non-hydrogen) atoms. The average Bonchev–Trinajstić information content (AvgIpc) is 2.12. The maximum Gasteiger partial charge on any atom is 0.116 e. The van der Waals surface area contributed by atoms with E-state index in [9.17, 15) is 0 Å². The topological polar surface area (TPSA) is 30.0 Å². The summed E-state index contributed by atoms with van der Waals surface area (Å²) in [6, 6.07) is 5.72. The highest BCUT2D eigenvalue weighted by molar-refractivity contribution is 6.15. The highest BCUT2D eigenvalue weighted by atomic mass is 35.5. The van der Waals surface area contributed by atoms with Gasteiger partial charge >= 0.3 is 0 Å². The van der Waals surface area contributed by atoms with Gasteiger partial charge in [0, 0.05) is 18.8 Å². The van der Waals surface area contributed by atoms with Crippen molar-refractivity contribution < 1.29 is 4.79 Å². The minimum absolute atomic E-state index is 0.750. The number of carbonyl (C=O) groups is 1. The zero-order chi connectivity index (χ0) is 8.95. The van der Waals surface area contributed by atoms with Crippen molar-refractivity contribution in [2.75, 3.05) is 6.38 Å². The van der Waals surface area contributed by atoms with E-state index in [-0.39, 0.29) is 0 Å². The van der Waals surface area contributed by atoms with E-state index >= 15 is 0 Å². The van der Waals surface area contributed by atoms with Crippen LogP contribution in [0.25, 0.3) is 0 Å². The Labute approximate surface area is 72.2 Å². The van der Waals surface area contributed by atoms with Crippen LogP contribution in [0, 0.1) is 0 Å². The maximum atomic E-state index is 8.81. The van der Waals surface area contributed by atoms with Crippen LogP contribution in [-0.2, 0) is 4.79 Å². The van der Waals surface area contributed by atoms with Crippen LogP contribution < -0.4 is 0 Å². The summed E-state index contributed by atoms with van der Waals surface area (Å²) in [4.78, 5) is 12.6. The number of nitrogens with zero attached hydrogens (tertiary/aromatic N) is 1. The summed E-state index contributed by atoms with van der Waals surface area (Å²) in [5, 5.41) is 0. The van der Waals surface area contributed by atoms with E-state index in [2.05, 4.69) is 16.6 Å². The van der Waals surface area contributed by atoms with E-state index in [1.54, 1.807) is 12.4 Å². The van der Waals surface area contributed by atoms with E-state index < -0.39 is 0 Å². The number of halogens is 1. The minimum Gasteiger partial charge on any atom is -0.304 e. The summed E-state index contributed by atoms with van der Waals surface area (Å²) < 4.78 is 0. The van der Waals surface area contributed by atoms with Gasteiger partial charge < -0.3 is 4.79 Å². The van der Waals surface area contributed by atoms with Crippen molar-refractivity contribution in [2.45, 2.75) is 6.92 Å². The summed E-state index contributed by atoms with van der Waals surface area (Å²) in [7, 11) is 0. The van der Waals surface area contributed by atoms with Gasteiger partial charge in [-0.3, -0.25) is 4.98 Å². The van der Waals surface area contributed by atoms with E-state index in [0.29, 0.717) is 0 Å². The van der Waals surface area contributed by atoms with Crippen LogP contribution in [0.15, 0.2) is 30.6 Å². The van der Waals surface area contributed by atoms with Gasteiger partial charge in [-0.1, -0.05) is 6.07 Å². The number of pyridine rings is 1. The summed E-state index contributed by atoms with van der Waals surface area (Å²) in [5.74, 6) is 0. The van der Waals surface area contributed by atoms with Gasteiger partial charge in [-0.25, -0.2) is 0 Å². The molecule has 0 spiro atoms. The monoisotopic (exact) mass is 173 g/mol. The SMILES string of the molecule is CC=O.CCl.c1ccncc1. The van der Waals surface area contributed by atoms with E-state index in [1.807, 2.05) is 18.2 Å². The van der Waals surface area contributed by atoms with Gasteiger partial charge in [0.1, 0.15) is 6.29 Å². The zero-order valence-electron chi connectivity index (χ0n) is 6.70. The Morgan fingerprint density at radius 3 is 1.64 bits per heavy atom. The molecule has 0 saturated heterocycles. The molecule has 1 aromatic rings. The molecule has 0 radical (unpaired) electrons. The molecule has 1 aromatic heterocycles. The first-order valence-corrected chi connectivity index (χ1v) is 3.80. The van der Waals surface area contributed by atoms with Crippen LogP contribution in [0.1, 0.15) is 6.92 Å². The molecule has 1 heterocycles. The summed E-state index contributed by atoms with van der Waals surface area (Å²) in [6.07, 6.45) is 5.72. The van der Waals surface area contributed by atoms with Crippen molar-refractivity contribution in [3.8, 4) is 0 Å². The van der Waals surface area contributed by atoms with Crippen molar-refractivity contribution in [1.82, 2.24) is 4.98 Å². The largest absolute Gasteiger partial charge is 0.304 e. The van der Waals surface area contributed by atoms with Crippen LogP contribution in [0.5, 0.6) is 0 Å². The first-order valence-electron chi connectivity index (χ1n) is 3.04. The smallest absolute Gasteiger partial charge is 0.116 e. The molecule has 0 N–H and O–H groups in total. The third-order valence-corrected chi connectivity index (χ3v) is 0.566. The Hall–Kier alpha value is -0.890. The predicted molar refractivity (Wildman–Crippen MR) is 47.8 cm³/mol. The lowest BCUT2D eigenvalue weighted by Gasteiger charge is -1.70. The number of aldehydes is 1. The van der Waals surface area contributed by atoms with E-state index in [1.165, 1.54) is 13.3 Å². The van der Waals surface area contributed by atoms with Crippen molar-refractivity contribution in [3.63, 3.8) is 0 Å². The van der Waals surface area contributed by atoms with Crippen LogP contribution in [-0.4, -0.2) is 17.7 Å². The normalized spacial score (nSPS) is 6.09. The molecule has 0 aliphatic heterocycles. The molecule has 0 aliphatic carbocycles. The molecule has 0 unspecified atom stereocenters. The van der Waals surface area contributed by atoms with Crippen molar-refractivity contribution in [1.29, 1.82) is 0 Å². The zero-order valence-corrected chi connectivity index (χ0v) is 7.45. The lowest BCUT2D eigenvalue weighted by molar-refractivity contribution is -0.106. The molecule has 0 fully saturated rings. The van der Waals surface area contributed by atoms with Crippen LogP contribution in [0.3, 0.4) is 0 Å². The fraction of sp³-hybridized carbons (Fsp3) is 0.250. The number of rotatable bonds is 0.